The van der Waals surface area contributed by atoms with E-state index in [0.717, 1.165) is 0 Å². The maximum absolute atomic E-state index is 8.52. The van der Waals surface area contributed by atoms with Crippen LogP contribution in [0.5, 0.6) is 0 Å². The molecule has 0 fully saturated rings. The average Bonchev–Trinajstić information content (AvgIpc) is 1.65. The summed E-state index contributed by atoms with van der Waals surface area (Å²) < 4.78 is 24.0. The van der Waals surface area contributed by atoms with Gasteiger partial charge in [-0.25, -0.2) is 0 Å². The second-order valence-corrected chi connectivity index (χ2v) is 1.18. The fourth-order valence-corrected chi connectivity index (χ4v) is 0. The fourth-order valence-electron chi connectivity index (χ4n) is 0. The summed E-state index contributed by atoms with van der Waals surface area (Å²) in [4.78, 5) is 0. The summed E-state index contributed by atoms with van der Waals surface area (Å²) in [7, 11) is -2.60. The minimum absolute atomic E-state index is 0.597. The topological polar surface area (TPSA) is 118 Å². The van der Waals surface area contributed by atoms with E-state index >= 15 is 0 Å². The third-order valence-corrected chi connectivity index (χ3v) is 0.167. The Hall–Kier alpha value is 0.0900. The van der Waals surface area contributed by atoms with Gasteiger partial charge < -0.3 is 20.8 Å². The number of nitrogens with two attached hydrogens (primary N) is 2. The third-order valence-electron chi connectivity index (χ3n) is 0.167. The van der Waals surface area contributed by atoms with Crippen LogP contribution < -0.4 is 20.8 Å². The van der Waals surface area contributed by atoms with Gasteiger partial charge in [-0.05, 0) is 0 Å². The van der Waals surface area contributed by atoms with E-state index in [9.17, 15) is 0 Å². The maximum atomic E-state index is 8.52. The lowest BCUT2D eigenvalue weighted by molar-refractivity contribution is -1.63. The highest BCUT2D eigenvalue weighted by molar-refractivity contribution is 4.26. The first kappa shape index (κ1) is 11.0. The van der Waals surface area contributed by atoms with Crippen LogP contribution in [0, 0.1) is 10.8 Å². The molecule has 0 aliphatic heterocycles. The van der Waals surface area contributed by atoms with E-state index in [0.29, 0.717) is 13.1 Å². The molecule has 0 aliphatic carbocycles. The van der Waals surface area contributed by atoms with Gasteiger partial charge in [-0.15, -0.1) is 0 Å². The van der Waals surface area contributed by atoms with Crippen LogP contribution in [0.15, 0.2) is 0 Å². The molecule has 52 valence electrons. The summed E-state index contributed by atoms with van der Waals surface area (Å²) in [5, 5.41) is 0. The van der Waals surface area contributed by atoms with E-state index in [-0.39, 0.29) is 0 Å². The quantitative estimate of drug-likeness (QED) is 0.346. The summed E-state index contributed by atoms with van der Waals surface area (Å²) in [6, 6.07) is 0. The highest BCUT2D eigenvalue weighted by Gasteiger charge is 1.79. The fraction of sp³-hybridized carbons (Fsp3) is 1.00. The van der Waals surface area contributed by atoms with Gasteiger partial charge in [-0.1, -0.05) is 0 Å². The van der Waals surface area contributed by atoms with Crippen LogP contribution in [0.25, 0.3) is 0 Å². The van der Waals surface area contributed by atoms with Gasteiger partial charge in [0.25, 0.3) is 10.8 Å². The van der Waals surface area contributed by atoms with Crippen LogP contribution in [-0.4, -0.2) is 17.7 Å². The summed E-state index contributed by atoms with van der Waals surface area (Å²) in [5.41, 5.74) is 9.81. The lowest BCUT2D eigenvalue weighted by Crippen LogP contribution is -2.30. The van der Waals surface area contributed by atoms with E-state index in [4.69, 9.17) is 25.4 Å². The zero-order valence-corrected chi connectivity index (χ0v) is 4.97. The molecule has 0 radical (unpaired) electrons. The Bertz CT molecular complexity index is 31.7. The van der Waals surface area contributed by atoms with Crippen LogP contribution in [0.3, 0.4) is 0 Å². The van der Waals surface area contributed by atoms with E-state index in [2.05, 4.69) is 0 Å². The minimum atomic E-state index is -2.60. The van der Waals surface area contributed by atoms with Crippen molar-refractivity contribution in [3.8, 4) is 0 Å². The maximum Gasteiger partial charge on any atom is 0.282 e. The molecule has 0 aliphatic rings. The van der Waals surface area contributed by atoms with E-state index in [1.165, 1.54) is 0 Å². The first-order valence-corrected chi connectivity index (χ1v) is 2.75. The second-order valence-electron chi connectivity index (χ2n) is 0.778. The molecule has 0 spiro atoms. The summed E-state index contributed by atoms with van der Waals surface area (Å²) in [6.45, 7) is 1.19. The van der Waals surface area contributed by atoms with Gasteiger partial charge in [0.05, 0.1) is 0 Å². The van der Waals surface area contributed by atoms with Crippen molar-refractivity contribution in [1.29, 1.82) is 0 Å². The molecule has 0 saturated carbocycles. The average molecular weight is 145 g/mol. The first-order chi connectivity index (χ1) is 3.65. The summed E-state index contributed by atoms with van der Waals surface area (Å²) in [5.74, 6) is 0. The molecule has 5 N–H and O–H groups in total. The Balaban J connectivity index is 0. The lowest BCUT2D eigenvalue weighted by atomic mass is 10.7. The van der Waals surface area contributed by atoms with Crippen molar-refractivity contribution in [1.82, 2.24) is 0 Å². The number of rotatable bonds is 1. The standard InChI is InChI=1S/C2H8N2.ClHO3/c3-1-2-4;2-1(3)4/h1-4H2;2H. The SMILES string of the molecule is NCCN.[O-][Cl+2]([O-])O. The van der Waals surface area contributed by atoms with Crippen molar-refractivity contribution in [2.45, 2.75) is 0 Å². The van der Waals surface area contributed by atoms with Crippen molar-refractivity contribution < 1.29 is 24.8 Å². The zero-order chi connectivity index (χ0) is 6.99. The largest absolute Gasteiger partial charge is 0.329 e. The van der Waals surface area contributed by atoms with Crippen molar-refractivity contribution >= 4 is 0 Å². The predicted octanol–water partition coefficient (Wildman–Crippen LogP) is -4.03. The predicted molar refractivity (Wildman–Crippen MR) is 20.3 cm³/mol. The Kier molecular flexibility index (Phi) is 13.9. The molecular formula is C2H9ClN2O3. The molecule has 0 amide bonds. The van der Waals surface area contributed by atoms with Crippen molar-refractivity contribution in [2.24, 2.45) is 11.5 Å². The van der Waals surface area contributed by atoms with Crippen molar-refractivity contribution in [3.63, 3.8) is 0 Å². The van der Waals surface area contributed by atoms with Crippen LogP contribution in [-0.2, 0) is 0 Å². The molecule has 0 unspecified atom stereocenters. The Morgan fingerprint density at radius 2 is 1.38 bits per heavy atom. The molecule has 0 heterocycles. The molecule has 0 aromatic rings. The molecule has 0 bridgehead atoms. The van der Waals surface area contributed by atoms with Gasteiger partial charge in [0.2, 0.25) is 0 Å². The van der Waals surface area contributed by atoms with Gasteiger partial charge in [-0.2, -0.15) is 0 Å². The molecule has 0 saturated heterocycles. The van der Waals surface area contributed by atoms with Gasteiger partial charge in [0.1, 0.15) is 0 Å². The van der Waals surface area contributed by atoms with Crippen LogP contribution >= 0.6 is 0 Å². The van der Waals surface area contributed by atoms with Crippen LogP contribution in [0.2, 0.25) is 0 Å². The normalized spacial score (nSPS) is 8.25. The van der Waals surface area contributed by atoms with Crippen molar-refractivity contribution in [2.75, 3.05) is 13.1 Å². The highest BCUT2D eigenvalue weighted by Crippen LogP contribution is 1.38. The lowest BCUT2D eigenvalue weighted by Gasteiger charge is -1.72. The zero-order valence-electron chi connectivity index (χ0n) is 4.21. The molecule has 5 nitrogen and oxygen atoms in total. The van der Waals surface area contributed by atoms with Gasteiger partial charge in [0.15, 0.2) is 0 Å². The van der Waals surface area contributed by atoms with Crippen LogP contribution in [0.1, 0.15) is 0 Å². The molecule has 0 aromatic carbocycles. The van der Waals surface area contributed by atoms with E-state index in [1.54, 1.807) is 0 Å². The molecule has 0 atom stereocenters. The Labute approximate surface area is 50.3 Å². The van der Waals surface area contributed by atoms with Gasteiger partial charge in [0, 0.05) is 17.7 Å². The molecular weight excluding hydrogens is 135 g/mol. The smallest absolute Gasteiger partial charge is 0.282 e. The highest BCUT2D eigenvalue weighted by atomic mass is 35.6. The van der Waals surface area contributed by atoms with Crippen molar-refractivity contribution in [3.05, 3.63) is 0 Å². The monoisotopic (exact) mass is 144 g/mol. The second kappa shape index (κ2) is 10.1. The van der Waals surface area contributed by atoms with Gasteiger partial charge in [-0.3, -0.25) is 0 Å². The van der Waals surface area contributed by atoms with Crippen LogP contribution in [0.4, 0.5) is 0 Å². The Morgan fingerprint density at radius 1 is 1.25 bits per heavy atom. The first-order valence-electron chi connectivity index (χ1n) is 1.79. The van der Waals surface area contributed by atoms with E-state index in [1.807, 2.05) is 0 Å². The number of hydrogen-bond donors (Lipinski definition) is 3. The molecule has 0 rings (SSSR count). The molecule has 8 heavy (non-hydrogen) atoms. The number of halogens is 1. The number of hydrogen-bond acceptors (Lipinski definition) is 5. The minimum Gasteiger partial charge on any atom is -0.329 e. The summed E-state index contributed by atoms with van der Waals surface area (Å²) >= 11 is 0. The van der Waals surface area contributed by atoms with E-state index < -0.39 is 10.8 Å². The molecule has 0 aromatic heterocycles. The van der Waals surface area contributed by atoms with Gasteiger partial charge >= 0.3 is 0 Å². The summed E-state index contributed by atoms with van der Waals surface area (Å²) in [6.07, 6.45) is 0. The molecule has 6 heteroatoms. The third kappa shape index (κ3) is 133. The Morgan fingerprint density at radius 3 is 1.38 bits per heavy atom.